The lowest BCUT2D eigenvalue weighted by molar-refractivity contribution is -0.138. The Bertz CT molecular complexity index is 250. The number of rotatable bonds is 4. The van der Waals surface area contributed by atoms with E-state index in [-0.39, 0.29) is 13.1 Å². The first-order chi connectivity index (χ1) is 6.33. The molecule has 13 heavy (non-hydrogen) atoms. The molecule has 0 aromatic heterocycles. The van der Waals surface area contributed by atoms with E-state index >= 15 is 0 Å². The normalized spacial score (nSPS) is 31.8. The molecular weight excluding hydrogens is 178 g/mol. The smallest absolute Gasteiger partial charge is 0.293 e. The number of nitrogens with zero attached hydrogens (tertiary/aromatic N) is 3. The molecule has 3 atom stereocenters. The summed E-state index contributed by atoms with van der Waals surface area (Å²) in [6.45, 7) is 0.293. The van der Waals surface area contributed by atoms with Crippen LogP contribution in [0.1, 0.15) is 0 Å². The Morgan fingerprint density at radius 3 is 2.92 bits per heavy atom. The van der Waals surface area contributed by atoms with Crippen LogP contribution in [0.15, 0.2) is 5.11 Å². The van der Waals surface area contributed by atoms with Gasteiger partial charge in [0.15, 0.2) is 6.29 Å². The van der Waals surface area contributed by atoms with Crippen molar-refractivity contribution in [3.05, 3.63) is 10.4 Å². The lowest BCUT2D eigenvalue weighted by atomic mass is 10.1. The number of hydrogen-bond donors (Lipinski definition) is 0. The van der Waals surface area contributed by atoms with Gasteiger partial charge in [-0.05, 0) is 5.53 Å². The van der Waals surface area contributed by atoms with Crippen molar-refractivity contribution in [2.75, 3.05) is 6.61 Å². The van der Waals surface area contributed by atoms with Crippen molar-refractivity contribution in [1.29, 1.82) is 0 Å². The third-order valence-corrected chi connectivity index (χ3v) is 1.71. The predicted molar refractivity (Wildman–Crippen MR) is 39.7 cm³/mol. The number of azide groups is 1. The van der Waals surface area contributed by atoms with Crippen LogP contribution in [0.2, 0.25) is 0 Å². The Hall–Kier alpha value is -1.59. The molecule has 0 N–H and O–H groups in total. The van der Waals surface area contributed by atoms with E-state index in [4.69, 9.17) is 10.3 Å². The minimum atomic E-state index is -0.833. The van der Waals surface area contributed by atoms with Crippen LogP contribution in [-0.2, 0) is 19.1 Å². The molecule has 0 radical (unpaired) electrons. The molecule has 1 rings (SSSR count). The van der Waals surface area contributed by atoms with Gasteiger partial charge in [-0.25, -0.2) is 0 Å². The zero-order chi connectivity index (χ0) is 9.68. The summed E-state index contributed by atoms with van der Waals surface area (Å²) in [6.07, 6.45) is -1.12. The van der Waals surface area contributed by atoms with Crippen LogP contribution in [0.25, 0.3) is 10.4 Å². The van der Waals surface area contributed by atoms with E-state index in [1.807, 2.05) is 0 Å². The molecule has 1 saturated heterocycles. The largest absolute Gasteiger partial charge is 0.461 e. The average molecular weight is 185 g/mol. The van der Waals surface area contributed by atoms with Gasteiger partial charge in [-0.3, -0.25) is 4.79 Å². The Morgan fingerprint density at radius 2 is 2.38 bits per heavy atom. The third-order valence-electron chi connectivity index (χ3n) is 1.71. The van der Waals surface area contributed by atoms with Gasteiger partial charge in [-0.15, -0.1) is 0 Å². The van der Waals surface area contributed by atoms with Crippen molar-refractivity contribution in [3.63, 3.8) is 0 Å². The van der Waals surface area contributed by atoms with Crippen LogP contribution >= 0.6 is 0 Å². The molecule has 70 valence electrons. The molecule has 7 nitrogen and oxygen atoms in total. The quantitative estimate of drug-likeness (QED) is 0.262. The van der Waals surface area contributed by atoms with Crippen molar-refractivity contribution in [2.24, 2.45) is 5.11 Å². The maximum atomic E-state index is 10.4. The van der Waals surface area contributed by atoms with E-state index < -0.39 is 18.2 Å². The van der Waals surface area contributed by atoms with Crippen LogP contribution in [0.4, 0.5) is 0 Å². The lowest BCUT2D eigenvalue weighted by Crippen LogP contribution is -2.32. The second-order valence-corrected chi connectivity index (χ2v) is 2.40. The summed E-state index contributed by atoms with van der Waals surface area (Å²) < 4.78 is 9.49. The fourth-order valence-electron chi connectivity index (χ4n) is 1.13. The minimum absolute atomic E-state index is 0.0893. The summed E-state index contributed by atoms with van der Waals surface area (Å²) in [5.41, 5.74) is 8.14. The van der Waals surface area contributed by atoms with Crippen molar-refractivity contribution in [1.82, 2.24) is 0 Å². The topological polar surface area (TPSA) is 101 Å². The number of carbonyl (C=O) groups excluding carboxylic acids is 2. The highest BCUT2D eigenvalue weighted by atomic mass is 16.6. The highest BCUT2D eigenvalue weighted by molar-refractivity contribution is 5.59. The zero-order valence-electron chi connectivity index (χ0n) is 6.57. The van der Waals surface area contributed by atoms with Gasteiger partial charge >= 0.3 is 0 Å². The van der Waals surface area contributed by atoms with Gasteiger partial charge in [-0.2, -0.15) is 0 Å². The minimum Gasteiger partial charge on any atom is -0.461 e. The summed E-state index contributed by atoms with van der Waals surface area (Å²) in [5, 5.41) is 3.33. The number of aldehydes is 1. The van der Waals surface area contributed by atoms with E-state index in [1.54, 1.807) is 0 Å². The van der Waals surface area contributed by atoms with Gasteiger partial charge in [0.05, 0.1) is 6.61 Å². The molecule has 7 heteroatoms. The molecule has 0 aromatic rings. The molecule has 0 saturated carbocycles. The van der Waals surface area contributed by atoms with E-state index in [0.717, 1.165) is 0 Å². The third kappa shape index (κ3) is 1.95. The Balaban J connectivity index is 2.70. The summed E-state index contributed by atoms with van der Waals surface area (Å²) in [6, 6.07) is -0.620. The second kappa shape index (κ2) is 4.44. The van der Waals surface area contributed by atoms with Crippen LogP contribution in [0.3, 0.4) is 0 Å². The number of ether oxygens (including phenoxy) is 2. The molecule has 1 aliphatic rings. The van der Waals surface area contributed by atoms with E-state index in [2.05, 4.69) is 14.8 Å². The number of carbonyl (C=O) groups is 2. The zero-order valence-corrected chi connectivity index (χ0v) is 6.57. The van der Waals surface area contributed by atoms with Gasteiger partial charge < -0.3 is 14.3 Å². The Kier molecular flexibility index (Phi) is 3.24. The molecule has 0 unspecified atom stereocenters. The van der Waals surface area contributed by atoms with Gasteiger partial charge in [-0.1, -0.05) is 5.11 Å². The van der Waals surface area contributed by atoms with E-state index in [0.29, 0.717) is 6.29 Å². The van der Waals surface area contributed by atoms with Gasteiger partial charge in [0.1, 0.15) is 18.2 Å². The van der Waals surface area contributed by atoms with E-state index in [1.165, 1.54) is 0 Å². The Labute approximate surface area is 73.2 Å². The van der Waals surface area contributed by atoms with Crippen molar-refractivity contribution in [2.45, 2.75) is 18.2 Å². The predicted octanol–water partition coefficient (Wildman–Crippen LogP) is -0.195. The van der Waals surface area contributed by atoms with Crippen LogP contribution in [0.5, 0.6) is 0 Å². The number of hydrogen-bond acceptors (Lipinski definition) is 5. The maximum absolute atomic E-state index is 10.4. The summed E-state index contributed by atoms with van der Waals surface area (Å²) >= 11 is 0. The molecule has 0 spiro atoms. The fraction of sp³-hybridized carbons (Fsp3) is 0.667. The fourth-order valence-corrected chi connectivity index (χ4v) is 1.13. The average Bonchev–Trinajstić information content (AvgIpc) is 2.50. The molecule has 0 bridgehead atoms. The molecule has 1 fully saturated rings. The van der Waals surface area contributed by atoms with Gasteiger partial charge in [0.2, 0.25) is 0 Å². The SMILES string of the molecule is [N-]=[N+]=N[C@H]1CO[C@H](C=O)[C@@H]1OC=O. The van der Waals surface area contributed by atoms with Crippen molar-refractivity contribution >= 4 is 12.8 Å². The van der Waals surface area contributed by atoms with Crippen LogP contribution in [0, 0.1) is 0 Å². The molecule has 0 amide bonds. The highest BCUT2D eigenvalue weighted by Crippen LogP contribution is 2.18. The van der Waals surface area contributed by atoms with Crippen molar-refractivity contribution < 1.29 is 19.1 Å². The van der Waals surface area contributed by atoms with Gasteiger partial charge in [0, 0.05) is 4.91 Å². The van der Waals surface area contributed by atoms with E-state index in [9.17, 15) is 9.59 Å². The molecular formula is C6H7N3O4. The van der Waals surface area contributed by atoms with Crippen LogP contribution < -0.4 is 0 Å². The first kappa shape index (κ1) is 9.50. The first-order valence-corrected chi connectivity index (χ1v) is 3.53. The summed E-state index contributed by atoms with van der Waals surface area (Å²) in [7, 11) is 0. The molecule has 0 aromatic carbocycles. The Morgan fingerprint density at radius 1 is 1.62 bits per heavy atom. The first-order valence-electron chi connectivity index (χ1n) is 3.53. The molecule has 0 aliphatic carbocycles. The second-order valence-electron chi connectivity index (χ2n) is 2.40. The highest BCUT2D eigenvalue weighted by Gasteiger charge is 2.38. The summed E-state index contributed by atoms with van der Waals surface area (Å²) in [5.74, 6) is 0. The molecule has 1 aliphatic heterocycles. The van der Waals surface area contributed by atoms with Crippen molar-refractivity contribution in [3.8, 4) is 0 Å². The lowest BCUT2D eigenvalue weighted by Gasteiger charge is -2.13. The molecule has 1 heterocycles. The monoisotopic (exact) mass is 185 g/mol. The van der Waals surface area contributed by atoms with Gasteiger partial charge in [0.25, 0.3) is 6.47 Å². The standard InChI is InChI=1S/C6H7N3O4/c7-9-8-4-2-12-5(1-10)6(4)13-3-11/h1,3-6H,2H2/t4-,5+,6+/m0/s1. The summed E-state index contributed by atoms with van der Waals surface area (Å²) in [4.78, 5) is 23.0. The van der Waals surface area contributed by atoms with Crippen LogP contribution in [-0.4, -0.2) is 37.6 Å². The maximum Gasteiger partial charge on any atom is 0.293 e.